The van der Waals surface area contributed by atoms with Gasteiger partial charge in [-0.25, -0.2) is 0 Å². The summed E-state index contributed by atoms with van der Waals surface area (Å²) in [4.78, 5) is 0. The summed E-state index contributed by atoms with van der Waals surface area (Å²) in [6, 6.07) is 3.66. The van der Waals surface area contributed by atoms with E-state index in [0.29, 0.717) is 0 Å². The zero-order valence-electron chi connectivity index (χ0n) is 7.02. The summed E-state index contributed by atoms with van der Waals surface area (Å²) >= 11 is 3.17. The van der Waals surface area contributed by atoms with Crippen molar-refractivity contribution in [3.8, 4) is 11.5 Å². The summed E-state index contributed by atoms with van der Waals surface area (Å²) in [7, 11) is 0. The van der Waals surface area contributed by atoms with Crippen molar-refractivity contribution in [3.63, 3.8) is 0 Å². The fraction of sp³-hybridized carbons (Fsp3) is 0. The summed E-state index contributed by atoms with van der Waals surface area (Å²) in [5.74, 6) is -0.0145. The Morgan fingerprint density at radius 2 is 1.21 bits per heavy atom. The number of rotatable bonds is 0. The van der Waals surface area contributed by atoms with Crippen LogP contribution < -0.4 is 0 Å². The summed E-state index contributed by atoms with van der Waals surface area (Å²) < 4.78 is 2.09. The Morgan fingerprint density at radius 3 is 1.64 bits per heavy atom. The lowest BCUT2D eigenvalue weighted by molar-refractivity contribution is 0.412. The van der Waals surface area contributed by atoms with Crippen molar-refractivity contribution in [2.24, 2.45) is 0 Å². The van der Waals surface area contributed by atoms with Gasteiger partial charge in [-0.05, 0) is 22.9 Å². The van der Waals surface area contributed by atoms with Gasteiger partial charge >= 0.3 is 0 Å². The second-order valence-corrected chi connectivity index (χ2v) is 4.86. The average Bonchev–Trinajstić information content (AvgIpc) is 2.80. The molecular formula is C10H6O2S2. The lowest BCUT2D eigenvalue weighted by Gasteiger charge is -2.01. The molecule has 3 aromatic rings. The minimum Gasteiger partial charge on any atom is -0.504 e. The molecule has 70 valence electrons. The number of aromatic hydroxyl groups is 2. The van der Waals surface area contributed by atoms with Crippen LogP contribution in [0.25, 0.3) is 20.2 Å². The second-order valence-electron chi connectivity index (χ2n) is 3.02. The molecule has 0 spiro atoms. The van der Waals surface area contributed by atoms with Gasteiger partial charge in [-0.1, -0.05) is 0 Å². The van der Waals surface area contributed by atoms with E-state index in [1.165, 1.54) is 0 Å². The summed E-state index contributed by atoms with van der Waals surface area (Å²) in [6.45, 7) is 0. The first-order valence-corrected chi connectivity index (χ1v) is 5.83. The molecule has 0 aliphatic carbocycles. The molecule has 0 atom stereocenters. The van der Waals surface area contributed by atoms with Gasteiger partial charge in [0.15, 0.2) is 11.5 Å². The van der Waals surface area contributed by atoms with Crippen LogP contribution in [0.4, 0.5) is 0 Å². The van der Waals surface area contributed by atoms with E-state index in [0.717, 1.165) is 20.2 Å². The Bertz CT molecular complexity index is 566. The highest BCUT2D eigenvalue weighted by atomic mass is 32.1. The fourth-order valence-corrected chi connectivity index (χ4v) is 3.58. The molecule has 0 aliphatic heterocycles. The number of fused-ring (bicyclic) bond motifs is 3. The monoisotopic (exact) mass is 222 g/mol. The highest BCUT2D eigenvalue weighted by Crippen LogP contribution is 2.45. The first-order chi connectivity index (χ1) is 6.79. The van der Waals surface area contributed by atoms with E-state index in [1.54, 1.807) is 22.7 Å². The molecule has 2 heterocycles. The normalized spacial score (nSPS) is 11.4. The van der Waals surface area contributed by atoms with Crippen molar-refractivity contribution in [2.45, 2.75) is 0 Å². The molecule has 4 heteroatoms. The molecule has 2 nitrogen and oxygen atoms in total. The molecule has 0 bridgehead atoms. The Labute approximate surface area is 87.7 Å². The quantitative estimate of drug-likeness (QED) is 0.571. The van der Waals surface area contributed by atoms with Crippen LogP contribution in [0.5, 0.6) is 11.5 Å². The molecule has 0 saturated carbocycles. The maximum Gasteiger partial charge on any atom is 0.167 e. The van der Waals surface area contributed by atoms with Gasteiger partial charge in [-0.2, -0.15) is 0 Å². The first kappa shape index (κ1) is 8.08. The molecule has 3 rings (SSSR count). The van der Waals surface area contributed by atoms with Crippen molar-refractivity contribution in [3.05, 3.63) is 22.9 Å². The Kier molecular flexibility index (Phi) is 1.51. The molecule has 0 saturated heterocycles. The molecule has 0 unspecified atom stereocenters. The molecule has 1 aromatic carbocycles. The molecule has 2 aromatic heterocycles. The third-order valence-electron chi connectivity index (χ3n) is 2.27. The summed E-state index contributed by atoms with van der Waals surface area (Å²) in [5.41, 5.74) is 0. The van der Waals surface area contributed by atoms with Crippen LogP contribution in [0.1, 0.15) is 0 Å². The van der Waals surface area contributed by atoms with E-state index in [4.69, 9.17) is 0 Å². The number of hydrogen-bond donors (Lipinski definition) is 2. The predicted molar refractivity (Wildman–Crippen MR) is 60.5 cm³/mol. The zero-order chi connectivity index (χ0) is 9.71. The maximum atomic E-state index is 9.72. The van der Waals surface area contributed by atoms with Gasteiger partial charge in [-0.3, -0.25) is 0 Å². The highest BCUT2D eigenvalue weighted by molar-refractivity contribution is 7.25. The summed E-state index contributed by atoms with van der Waals surface area (Å²) in [5, 5.41) is 24.8. The van der Waals surface area contributed by atoms with Crippen LogP contribution in [0.2, 0.25) is 0 Å². The molecule has 0 aliphatic rings. The van der Waals surface area contributed by atoms with Gasteiger partial charge in [-0.15, -0.1) is 22.7 Å². The van der Waals surface area contributed by atoms with E-state index >= 15 is 0 Å². The fourth-order valence-electron chi connectivity index (χ4n) is 1.60. The van der Waals surface area contributed by atoms with Crippen molar-refractivity contribution in [1.82, 2.24) is 0 Å². The number of phenolic OH excluding ortho intramolecular Hbond substituents is 2. The SMILES string of the molecule is Oc1c(O)c2ccsc2c2sccc12. The molecule has 0 radical (unpaired) electrons. The topological polar surface area (TPSA) is 40.5 Å². The standard InChI is InChI=1S/C10H6O2S2/c11-7-5-1-3-13-9(5)10-6(8(7)12)2-4-14-10/h1-4,11-12H. The van der Waals surface area contributed by atoms with Crippen molar-refractivity contribution in [1.29, 1.82) is 0 Å². The Balaban J connectivity index is 2.73. The van der Waals surface area contributed by atoms with Crippen LogP contribution in [-0.2, 0) is 0 Å². The number of benzene rings is 1. The van der Waals surface area contributed by atoms with Gasteiger partial charge < -0.3 is 10.2 Å². The molecule has 0 amide bonds. The largest absolute Gasteiger partial charge is 0.504 e. The predicted octanol–water partition coefficient (Wildman–Crippen LogP) is 3.53. The second kappa shape index (κ2) is 2.62. The van der Waals surface area contributed by atoms with Gasteiger partial charge in [0.25, 0.3) is 0 Å². The van der Waals surface area contributed by atoms with Crippen LogP contribution in [-0.4, -0.2) is 10.2 Å². The number of hydrogen-bond acceptors (Lipinski definition) is 4. The Morgan fingerprint density at radius 1 is 0.786 bits per heavy atom. The average molecular weight is 222 g/mol. The van der Waals surface area contributed by atoms with E-state index in [9.17, 15) is 10.2 Å². The van der Waals surface area contributed by atoms with Gasteiger partial charge in [0.05, 0.1) is 9.40 Å². The van der Waals surface area contributed by atoms with Crippen LogP contribution in [0, 0.1) is 0 Å². The van der Waals surface area contributed by atoms with Gasteiger partial charge in [0.2, 0.25) is 0 Å². The Hall–Kier alpha value is -1.26. The maximum absolute atomic E-state index is 9.72. The van der Waals surface area contributed by atoms with E-state index in [-0.39, 0.29) is 11.5 Å². The summed E-state index contributed by atoms with van der Waals surface area (Å²) in [6.07, 6.45) is 0. The van der Waals surface area contributed by atoms with Gasteiger partial charge in [0.1, 0.15) is 0 Å². The number of phenols is 2. The minimum absolute atomic E-state index is 0.00727. The van der Waals surface area contributed by atoms with E-state index in [1.807, 2.05) is 22.9 Å². The van der Waals surface area contributed by atoms with E-state index in [2.05, 4.69) is 0 Å². The van der Waals surface area contributed by atoms with Crippen LogP contribution in [0.3, 0.4) is 0 Å². The zero-order valence-corrected chi connectivity index (χ0v) is 8.65. The smallest absolute Gasteiger partial charge is 0.167 e. The molecule has 2 N–H and O–H groups in total. The molecule has 0 fully saturated rings. The first-order valence-electron chi connectivity index (χ1n) is 4.07. The highest BCUT2D eigenvalue weighted by Gasteiger charge is 2.14. The third kappa shape index (κ3) is 0.844. The van der Waals surface area contributed by atoms with Crippen molar-refractivity contribution >= 4 is 42.8 Å². The minimum atomic E-state index is -0.00727. The molecule has 14 heavy (non-hydrogen) atoms. The lowest BCUT2D eigenvalue weighted by atomic mass is 10.2. The van der Waals surface area contributed by atoms with Crippen LogP contribution >= 0.6 is 22.7 Å². The number of thiophene rings is 2. The van der Waals surface area contributed by atoms with Crippen molar-refractivity contribution < 1.29 is 10.2 Å². The molecular weight excluding hydrogens is 216 g/mol. The van der Waals surface area contributed by atoms with Crippen molar-refractivity contribution in [2.75, 3.05) is 0 Å². The lowest BCUT2D eigenvalue weighted by Crippen LogP contribution is -1.71. The third-order valence-corrected chi connectivity index (χ3v) is 4.26. The van der Waals surface area contributed by atoms with Gasteiger partial charge in [0, 0.05) is 10.8 Å². The van der Waals surface area contributed by atoms with Crippen LogP contribution in [0.15, 0.2) is 22.9 Å². The van der Waals surface area contributed by atoms with E-state index < -0.39 is 0 Å².